The van der Waals surface area contributed by atoms with Crippen molar-refractivity contribution in [2.45, 2.75) is 90.1 Å². The standard InChI is InChI=1S/C18H36N2/c1-4-17-14-19-18(11-7-5-8-12-18)15-20(17)13-9-6-10-16(2)3/h16-17,19H,4-15H2,1-3H3. The highest BCUT2D eigenvalue weighted by Crippen LogP contribution is 2.32. The van der Waals surface area contributed by atoms with Gasteiger partial charge in [-0.05, 0) is 38.1 Å². The van der Waals surface area contributed by atoms with Crippen LogP contribution in [0, 0.1) is 5.92 Å². The van der Waals surface area contributed by atoms with Crippen molar-refractivity contribution in [3.63, 3.8) is 0 Å². The molecule has 2 heteroatoms. The van der Waals surface area contributed by atoms with E-state index in [2.05, 4.69) is 31.0 Å². The maximum absolute atomic E-state index is 3.93. The van der Waals surface area contributed by atoms with Crippen LogP contribution in [0.15, 0.2) is 0 Å². The van der Waals surface area contributed by atoms with Gasteiger partial charge in [0, 0.05) is 24.7 Å². The molecular formula is C18H36N2. The van der Waals surface area contributed by atoms with Crippen LogP contribution in [-0.2, 0) is 0 Å². The first-order chi connectivity index (χ1) is 9.65. The maximum atomic E-state index is 3.93. The number of nitrogens with one attached hydrogen (secondary N) is 1. The number of unbranched alkanes of at least 4 members (excludes halogenated alkanes) is 1. The largest absolute Gasteiger partial charge is 0.308 e. The Morgan fingerprint density at radius 3 is 2.55 bits per heavy atom. The zero-order valence-electron chi connectivity index (χ0n) is 14.1. The fourth-order valence-corrected chi connectivity index (χ4v) is 4.13. The molecule has 1 atom stereocenters. The highest BCUT2D eigenvalue weighted by atomic mass is 15.3. The molecule has 0 aromatic carbocycles. The zero-order chi connectivity index (χ0) is 14.4. The van der Waals surface area contributed by atoms with Crippen LogP contribution < -0.4 is 5.32 Å². The molecule has 1 spiro atoms. The minimum absolute atomic E-state index is 0.474. The van der Waals surface area contributed by atoms with E-state index in [1.165, 1.54) is 77.4 Å². The fourth-order valence-electron chi connectivity index (χ4n) is 4.13. The van der Waals surface area contributed by atoms with Gasteiger partial charge in [0.25, 0.3) is 0 Å². The van der Waals surface area contributed by atoms with E-state index < -0.39 is 0 Å². The van der Waals surface area contributed by atoms with Crippen molar-refractivity contribution >= 4 is 0 Å². The van der Waals surface area contributed by atoms with Gasteiger partial charge in [-0.15, -0.1) is 0 Å². The highest BCUT2D eigenvalue weighted by Gasteiger charge is 2.38. The monoisotopic (exact) mass is 280 g/mol. The summed E-state index contributed by atoms with van der Waals surface area (Å²) in [6, 6.07) is 0.779. The van der Waals surface area contributed by atoms with Crippen molar-refractivity contribution in [3.05, 3.63) is 0 Å². The van der Waals surface area contributed by atoms with Crippen molar-refractivity contribution in [2.75, 3.05) is 19.6 Å². The second kappa shape index (κ2) is 7.79. The SMILES string of the molecule is CCC1CNC2(CCCCC2)CN1CCCCC(C)C. The number of rotatable bonds is 6. The van der Waals surface area contributed by atoms with Crippen molar-refractivity contribution < 1.29 is 0 Å². The smallest absolute Gasteiger partial charge is 0.0309 e. The van der Waals surface area contributed by atoms with Crippen molar-refractivity contribution in [1.29, 1.82) is 0 Å². The van der Waals surface area contributed by atoms with Gasteiger partial charge in [-0.2, -0.15) is 0 Å². The Bertz CT molecular complexity index is 269. The van der Waals surface area contributed by atoms with Crippen LogP contribution >= 0.6 is 0 Å². The Kier molecular flexibility index (Phi) is 6.35. The molecule has 1 heterocycles. The van der Waals surface area contributed by atoms with Crippen LogP contribution in [0.1, 0.15) is 78.6 Å². The molecule has 1 unspecified atom stereocenters. The third-order valence-corrected chi connectivity index (χ3v) is 5.49. The molecule has 0 aromatic rings. The summed E-state index contributed by atoms with van der Waals surface area (Å²) in [5.74, 6) is 0.865. The number of hydrogen-bond donors (Lipinski definition) is 1. The molecule has 0 aromatic heterocycles. The van der Waals surface area contributed by atoms with E-state index in [4.69, 9.17) is 0 Å². The molecule has 0 amide bonds. The molecule has 118 valence electrons. The summed E-state index contributed by atoms with van der Waals surface area (Å²) in [5.41, 5.74) is 0.474. The topological polar surface area (TPSA) is 15.3 Å². The summed E-state index contributed by atoms with van der Waals surface area (Å²) in [7, 11) is 0. The van der Waals surface area contributed by atoms with Gasteiger partial charge < -0.3 is 5.32 Å². The van der Waals surface area contributed by atoms with E-state index in [1.54, 1.807) is 0 Å². The predicted octanol–water partition coefficient (Wildman–Crippen LogP) is 4.20. The highest BCUT2D eigenvalue weighted by molar-refractivity contribution is 4.99. The predicted molar refractivity (Wildman–Crippen MR) is 88.2 cm³/mol. The molecule has 1 aliphatic heterocycles. The second-order valence-electron chi connectivity index (χ2n) is 7.64. The lowest BCUT2D eigenvalue weighted by Gasteiger charge is -2.49. The van der Waals surface area contributed by atoms with E-state index in [-0.39, 0.29) is 0 Å². The van der Waals surface area contributed by atoms with Crippen molar-refractivity contribution in [2.24, 2.45) is 5.92 Å². The van der Waals surface area contributed by atoms with Gasteiger partial charge in [-0.1, -0.05) is 52.9 Å². The normalized spacial score (nSPS) is 27.3. The average Bonchev–Trinajstić information content (AvgIpc) is 2.44. The molecule has 1 saturated heterocycles. The molecule has 1 aliphatic carbocycles. The lowest BCUT2D eigenvalue weighted by molar-refractivity contribution is 0.0526. The lowest BCUT2D eigenvalue weighted by atomic mass is 9.79. The minimum atomic E-state index is 0.474. The second-order valence-corrected chi connectivity index (χ2v) is 7.64. The van der Waals surface area contributed by atoms with Crippen LogP contribution in [0.5, 0.6) is 0 Å². The Balaban J connectivity index is 1.82. The van der Waals surface area contributed by atoms with E-state index in [0.717, 1.165) is 12.0 Å². The first kappa shape index (κ1) is 16.3. The molecule has 20 heavy (non-hydrogen) atoms. The van der Waals surface area contributed by atoms with E-state index in [0.29, 0.717) is 5.54 Å². The fraction of sp³-hybridized carbons (Fsp3) is 1.00. The summed E-state index contributed by atoms with van der Waals surface area (Å²) >= 11 is 0. The molecule has 2 rings (SSSR count). The summed E-state index contributed by atoms with van der Waals surface area (Å²) in [6.45, 7) is 10.9. The van der Waals surface area contributed by atoms with Crippen molar-refractivity contribution in [3.8, 4) is 0 Å². The first-order valence-electron chi connectivity index (χ1n) is 9.14. The van der Waals surface area contributed by atoms with Gasteiger partial charge in [-0.3, -0.25) is 4.90 Å². The molecule has 0 radical (unpaired) electrons. The van der Waals surface area contributed by atoms with Gasteiger partial charge in [-0.25, -0.2) is 0 Å². The third kappa shape index (κ3) is 4.46. The lowest BCUT2D eigenvalue weighted by Crippen LogP contribution is -2.64. The molecule has 2 aliphatic rings. The van der Waals surface area contributed by atoms with Gasteiger partial charge in [0.15, 0.2) is 0 Å². The number of nitrogens with zero attached hydrogens (tertiary/aromatic N) is 1. The van der Waals surface area contributed by atoms with Crippen molar-refractivity contribution in [1.82, 2.24) is 10.2 Å². The Morgan fingerprint density at radius 2 is 1.90 bits per heavy atom. The van der Waals surface area contributed by atoms with E-state index in [9.17, 15) is 0 Å². The molecule has 1 saturated carbocycles. The van der Waals surface area contributed by atoms with Crippen LogP contribution in [-0.4, -0.2) is 36.1 Å². The minimum Gasteiger partial charge on any atom is -0.308 e. The third-order valence-electron chi connectivity index (χ3n) is 5.49. The van der Waals surface area contributed by atoms with E-state index in [1.807, 2.05) is 0 Å². The summed E-state index contributed by atoms with van der Waals surface area (Å²) in [6.07, 6.45) is 12.6. The number of hydrogen-bond acceptors (Lipinski definition) is 2. The van der Waals surface area contributed by atoms with Crippen LogP contribution in [0.2, 0.25) is 0 Å². The molecule has 2 nitrogen and oxygen atoms in total. The van der Waals surface area contributed by atoms with Gasteiger partial charge in [0.2, 0.25) is 0 Å². The zero-order valence-corrected chi connectivity index (χ0v) is 14.1. The number of piperazine rings is 1. The van der Waals surface area contributed by atoms with Gasteiger partial charge in [0.1, 0.15) is 0 Å². The first-order valence-corrected chi connectivity index (χ1v) is 9.14. The molecular weight excluding hydrogens is 244 g/mol. The van der Waals surface area contributed by atoms with Crippen LogP contribution in [0.3, 0.4) is 0 Å². The molecule has 2 fully saturated rings. The Morgan fingerprint density at radius 1 is 1.15 bits per heavy atom. The van der Waals surface area contributed by atoms with Gasteiger partial charge in [0.05, 0.1) is 0 Å². The summed E-state index contributed by atoms with van der Waals surface area (Å²) in [4.78, 5) is 2.82. The quantitative estimate of drug-likeness (QED) is 0.734. The van der Waals surface area contributed by atoms with Crippen LogP contribution in [0.25, 0.3) is 0 Å². The summed E-state index contributed by atoms with van der Waals surface area (Å²) in [5, 5.41) is 3.93. The Labute approximate surface area is 126 Å². The average molecular weight is 280 g/mol. The maximum Gasteiger partial charge on any atom is 0.0309 e. The van der Waals surface area contributed by atoms with Gasteiger partial charge >= 0.3 is 0 Å². The van der Waals surface area contributed by atoms with E-state index >= 15 is 0 Å². The Hall–Kier alpha value is -0.0800. The molecule has 0 bridgehead atoms. The summed E-state index contributed by atoms with van der Waals surface area (Å²) < 4.78 is 0. The van der Waals surface area contributed by atoms with Crippen LogP contribution in [0.4, 0.5) is 0 Å². The molecule has 1 N–H and O–H groups in total.